The molecule has 1 fully saturated rings. The minimum atomic E-state index is -0.207. The number of carbonyl (C=O) groups excluding carboxylic acids is 2. The highest BCUT2D eigenvalue weighted by Crippen LogP contribution is 2.23. The van der Waals surface area contributed by atoms with Crippen LogP contribution in [0.5, 0.6) is 0 Å². The molecule has 4 N–H and O–H groups in total. The third kappa shape index (κ3) is 6.20. The summed E-state index contributed by atoms with van der Waals surface area (Å²) < 4.78 is 0. The highest BCUT2D eigenvalue weighted by Gasteiger charge is 2.25. The molecule has 6 heteroatoms. The number of nitrogens with one attached hydrogen (secondary N) is 2. The van der Waals surface area contributed by atoms with E-state index in [1.165, 1.54) is 0 Å². The van der Waals surface area contributed by atoms with Crippen LogP contribution < -0.4 is 16.4 Å². The van der Waals surface area contributed by atoms with Crippen molar-refractivity contribution in [2.75, 3.05) is 11.9 Å². The smallest absolute Gasteiger partial charge is 0.243 e. The van der Waals surface area contributed by atoms with Crippen LogP contribution in [0.15, 0.2) is 24.3 Å². The monoisotopic (exact) mass is 339 g/mol. The molecule has 2 atom stereocenters. The second-order valence-electron chi connectivity index (χ2n) is 5.94. The van der Waals surface area contributed by atoms with Gasteiger partial charge in [-0.2, -0.15) is 0 Å². The van der Waals surface area contributed by atoms with Crippen LogP contribution in [0.25, 0.3) is 0 Å². The summed E-state index contributed by atoms with van der Waals surface area (Å²) in [6, 6.07) is 7.83. The SMILES string of the molecule is CCc1cccc(NC(=O)CNC(=O)C2CCCC(N)C2)c1.Cl. The van der Waals surface area contributed by atoms with Gasteiger partial charge in [0.25, 0.3) is 0 Å². The van der Waals surface area contributed by atoms with Crippen LogP contribution in [0.1, 0.15) is 38.2 Å². The predicted molar refractivity (Wildman–Crippen MR) is 94.6 cm³/mol. The van der Waals surface area contributed by atoms with Crippen LogP contribution in [-0.2, 0) is 16.0 Å². The van der Waals surface area contributed by atoms with Crippen molar-refractivity contribution in [1.29, 1.82) is 0 Å². The Morgan fingerprint density at radius 2 is 2.09 bits per heavy atom. The summed E-state index contributed by atoms with van der Waals surface area (Å²) in [5.74, 6) is -0.325. The van der Waals surface area contributed by atoms with Crippen molar-refractivity contribution in [1.82, 2.24) is 5.32 Å². The maximum atomic E-state index is 12.1. The molecule has 2 unspecified atom stereocenters. The first-order valence-electron chi connectivity index (χ1n) is 8.00. The third-order valence-electron chi connectivity index (χ3n) is 4.13. The lowest BCUT2D eigenvalue weighted by atomic mass is 9.85. The van der Waals surface area contributed by atoms with Crippen LogP contribution in [0.4, 0.5) is 5.69 Å². The largest absolute Gasteiger partial charge is 0.347 e. The summed E-state index contributed by atoms with van der Waals surface area (Å²) >= 11 is 0. The molecule has 0 radical (unpaired) electrons. The van der Waals surface area contributed by atoms with E-state index in [0.29, 0.717) is 6.42 Å². The molecule has 5 nitrogen and oxygen atoms in total. The zero-order valence-corrected chi connectivity index (χ0v) is 14.3. The number of halogens is 1. The summed E-state index contributed by atoms with van der Waals surface area (Å²) in [5.41, 5.74) is 7.82. The number of nitrogens with two attached hydrogens (primary N) is 1. The second kappa shape index (κ2) is 9.53. The molecule has 0 bridgehead atoms. The Balaban J connectivity index is 0.00000264. The number of hydrogen-bond donors (Lipinski definition) is 3. The van der Waals surface area contributed by atoms with E-state index >= 15 is 0 Å². The molecule has 1 aliphatic rings. The van der Waals surface area contributed by atoms with E-state index in [0.717, 1.165) is 36.9 Å². The number of rotatable bonds is 5. The molecular weight excluding hydrogens is 314 g/mol. The van der Waals surface area contributed by atoms with E-state index in [2.05, 4.69) is 17.6 Å². The Labute approximate surface area is 143 Å². The predicted octanol–water partition coefficient (Wildman–Crippen LogP) is 2.24. The van der Waals surface area contributed by atoms with E-state index in [1.54, 1.807) is 0 Å². The first kappa shape index (κ1) is 19.5. The molecule has 2 rings (SSSR count). The van der Waals surface area contributed by atoms with Gasteiger partial charge < -0.3 is 16.4 Å². The van der Waals surface area contributed by atoms with Crippen LogP contribution in [-0.4, -0.2) is 24.4 Å². The molecule has 0 aromatic heterocycles. The molecule has 1 aromatic carbocycles. The number of carbonyl (C=O) groups is 2. The molecule has 0 aliphatic heterocycles. The Bertz CT molecular complexity index is 536. The van der Waals surface area contributed by atoms with Crippen molar-refractivity contribution in [2.45, 2.75) is 45.1 Å². The molecule has 0 saturated heterocycles. The molecule has 0 spiro atoms. The minimum Gasteiger partial charge on any atom is -0.347 e. The fourth-order valence-corrected chi connectivity index (χ4v) is 2.85. The summed E-state index contributed by atoms with van der Waals surface area (Å²) in [4.78, 5) is 24.0. The van der Waals surface area contributed by atoms with Gasteiger partial charge in [0.1, 0.15) is 0 Å². The van der Waals surface area contributed by atoms with Gasteiger partial charge in [0.2, 0.25) is 11.8 Å². The molecule has 1 aliphatic carbocycles. The maximum absolute atomic E-state index is 12.1. The summed E-state index contributed by atoms with van der Waals surface area (Å²) in [7, 11) is 0. The highest BCUT2D eigenvalue weighted by atomic mass is 35.5. The second-order valence-corrected chi connectivity index (χ2v) is 5.94. The Hall–Kier alpha value is -1.59. The molecule has 128 valence electrons. The normalized spacial score (nSPS) is 20.3. The van der Waals surface area contributed by atoms with Gasteiger partial charge in [-0.3, -0.25) is 9.59 Å². The summed E-state index contributed by atoms with van der Waals surface area (Å²) in [6.45, 7) is 2.07. The van der Waals surface area contributed by atoms with E-state index in [-0.39, 0.29) is 42.7 Å². The number of anilines is 1. The molecule has 23 heavy (non-hydrogen) atoms. The van der Waals surface area contributed by atoms with Gasteiger partial charge in [-0.1, -0.05) is 25.5 Å². The number of amides is 2. The van der Waals surface area contributed by atoms with Crippen molar-refractivity contribution in [3.63, 3.8) is 0 Å². The molecule has 0 heterocycles. The highest BCUT2D eigenvalue weighted by molar-refractivity contribution is 5.94. The van der Waals surface area contributed by atoms with Crippen molar-refractivity contribution >= 4 is 29.9 Å². The first-order chi connectivity index (χ1) is 10.6. The standard InChI is InChI=1S/C17H25N3O2.ClH/c1-2-12-5-3-8-15(9-12)20-16(21)11-19-17(22)13-6-4-7-14(18)10-13;/h3,5,8-9,13-14H,2,4,6-7,10-11,18H2,1H3,(H,19,22)(H,20,21);1H. The maximum Gasteiger partial charge on any atom is 0.243 e. The van der Waals surface area contributed by atoms with Gasteiger partial charge in [0.15, 0.2) is 0 Å². The fourth-order valence-electron chi connectivity index (χ4n) is 2.85. The van der Waals surface area contributed by atoms with Gasteiger partial charge in [-0.25, -0.2) is 0 Å². The molecular formula is C17H26ClN3O2. The van der Waals surface area contributed by atoms with Crippen LogP contribution in [0, 0.1) is 5.92 Å². The average Bonchev–Trinajstić information content (AvgIpc) is 2.52. The molecule has 1 saturated carbocycles. The van der Waals surface area contributed by atoms with E-state index in [9.17, 15) is 9.59 Å². The quantitative estimate of drug-likeness (QED) is 0.769. The minimum absolute atomic E-state index is 0. The van der Waals surface area contributed by atoms with Crippen molar-refractivity contribution in [3.05, 3.63) is 29.8 Å². The van der Waals surface area contributed by atoms with E-state index in [4.69, 9.17) is 5.73 Å². The zero-order chi connectivity index (χ0) is 15.9. The van der Waals surface area contributed by atoms with Crippen LogP contribution >= 0.6 is 12.4 Å². The fraction of sp³-hybridized carbons (Fsp3) is 0.529. The number of hydrogen-bond acceptors (Lipinski definition) is 3. The van der Waals surface area contributed by atoms with Crippen LogP contribution in [0.3, 0.4) is 0 Å². The van der Waals surface area contributed by atoms with Gasteiger partial charge in [0, 0.05) is 17.6 Å². The van der Waals surface area contributed by atoms with Crippen molar-refractivity contribution in [2.24, 2.45) is 11.7 Å². The average molecular weight is 340 g/mol. The molecule has 2 amide bonds. The van der Waals surface area contributed by atoms with Gasteiger partial charge in [-0.05, 0) is 43.4 Å². The Morgan fingerprint density at radius 3 is 2.78 bits per heavy atom. The third-order valence-corrected chi connectivity index (χ3v) is 4.13. The van der Waals surface area contributed by atoms with Crippen LogP contribution in [0.2, 0.25) is 0 Å². The summed E-state index contributed by atoms with van der Waals surface area (Å²) in [5, 5.41) is 5.52. The lowest BCUT2D eigenvalue weighted by Gasteiger charge is -2.25. The number of benzene rings is 1. The van der Waals surface area contributed by atoms with E-state index < -0.39 is 0 Å². The Morgan fingerprint density at radius 1 is 1.30 bits per heavy atom. The van der Waals surface area contributed by atoms with Gasteiger partial charge in [-0.15, -0.1) is 12.4 Å². The zero-order valence-electron chi connectivity index (χ0n) is 13.5. The van der Waals surface area contributed by atoms with Crippen molar-refractivity contribution in [3.8, 4) is 0 Å². The lowest BCUT2D eigenvalue weighted by molar-refractivity contribution is -0.128. The summed E-state index contributed by atoms with van der Waals surface area (Å²) in [6.07, 6.45) is 4.46. The first-order valence-corrected chi connectivity index (χ1v) is 8.00. The van der Waals surface area contributed by atoms with E-state index in [1.807, 2.05) is 24.3 Å². The van der Waals surface area contributed by atoms with Gasteiger partial charge >= 0.3 is 0 Å². The Kier molecular flexibility index (Phi) is 8.06. The lowest BCUT2D eigenvalue weighted by Crippen LogP contribution is -2.40. The van der Waals surface area contributed by atoms with Gasteiger partial charge in [0.05, 0.1) is 6.54 Å². The molecule has 1 aromatic rings. The topological polar surface area (TPSA) is 84.2 Å². The van der Waals surface area contributed by atoms with Crippen molar-refractivity contribution < 1.29 is 9.59 Å². The number of aryl methyl sites for hydroxylation is 1.